The largest absolute Gasteiger partial charge is 0.317 e. The molecule has 0 saturated carbocycles. The third-order valence-electron chi connectivity index (χ3n) is 3.36. The third kappa shape index (κ3) is 4.45. The molecule has 0 bridgehead atoms. The Bertz CT molecular complexity index is 155. The van der Waals surface area contributed by atoms with Crippen molar-refractivity contribution in [1.29, 1.82) is 0 Å². The highest BCUT2D eigenvalue weighted by atomic mass is 35.5. The first-order chi connectivity index (χ1) is 6.36. The van der Waals surface area contributed by atoms with Gasteiger partial charge < -0.3 is 10.2 Å². The maximum Gasteiger partial charge on any atom is 0.0120 e. The van der Waals surface area contributed by atoms with Crippen LogP contribution in [0.25, 0.3) is 0 Å². The summed E-state index contributed by atoms with van der Waals surface area (Å²) in [7, 11) is 2.22. The van der Waals surface area contributed by atoms with Gasteiger partial charge in [0.15, 0.2) is 0 Å². The predicted octanol–water partition coefficient (Wildman–Crippen LogP) is 0.829. The molecule has 0 aromatic carbocycles. The zero-order valence-corrected chi connectivity index (χ0v) is 11.1. The van der Waals surface area contributed by atoms with Crippen molar-refractivity contribution in [3.05, 3.63) is 0 Å². The molecule has 2 saturated heterocycles. The normalized spacial score (nSPS) is 25.4. The monoisotopic (exact) mass is 255 g/mol. The molecule has 92 valence electrons. The van der Waals surface area contributed by atoms with Gasteiger partial charge in [-0.15, -0.1) is 24.8 Å². The zero-order chi connectivity index (χ0) is 9.10. The summed E-state index contributed by atoms with van der Waals surface area (Å²) in [5.74, 6) is 0. The fraction of sp³-hybridized carbons (Fsp3) is 1.00. The SMILES string of the molecule is CN1CCN(C2CCNCC2)CC1.Cl.Cl. The summed E-state index contributed by atoms with van der Waals surface area (Å²) in [6, 6.07) is 0.870. The maximum atomic E-state index is 3.43. The summed E-state index contributed by atoms with van der Waals surface area (Å²) >= 11 is 0. The van der Waals surface area contributed by atoms with Crippen LogP contribution in [0.2, 0.25) is 0 Å². The van der Waals surface area contributed by atoms with Gasteiger partial charge in [0.05, 0.1) is 0 Å². The van der Waals surface area contributed by atoms with Gasteiger partial charge in [-0.25, -0.2) is 0 Å². The second-order valence-electron chi connectivity index (χ2n) is 4.32. The highest BCUT2D eigenvalue weighted by Crippen LogP contribution is 2.13. The lowest BCUT2D eigenvalue weighted by atomic mass is 10.0. The first kappa shape index (κ1) is 15.5. The topological polar surface area (TPSA) is 18.5 Å². The minimum absolute atomic E-state index is 0. The van der Waals surface area contributed by atoms with Crippen LogP contribution in [0.15, 0.2) is 0 Å². The van der Waals surface area contributed by atoms with Crippen LogP contribution in [0, 0.1) is 0 Å². The van der Waals surface area contributed by atoms with Crippen LogP contribution in [-0.2, 0) is 0 Å². The van der Waals surface area contributed by atoms with E-state index in [1.807, 2.05) is 0 Å². The van der Waals surface area contributed by atoms with E-state index in [1.54, 1.807) is 0 Å². The molecule has 0 aromatic rings. The van der Waals surface area contributed by atoms with Gasteiger partial charge in [0, 0.05) is 32.2 Å². The lowest BCUT2D eigenvalue weighted by Gasteiger charge is -2.39. The van der Waals surface area contributed by atoms with Gasteiger partial charge in [0.2, 0.25) is 0 Å². The number of piperidine rings is 1. The number of hydrogen-bond donors (Lipinski definition) is 1. The van der Waals surface area contributed by atoms with Gasteiger partial charge >= 0.3 is 0 Å². The van der Waals surface area contributed by atoms with E-state index < -0.39 is 0 Å². The molecule has 2 heterocycles. The number of rotatable bonds is 1. The zero-order valence-electron chi connectivity index (χ0n) is 9.45. The molecule has 0 unspecified atom stereocenters. The van der Waals surface area contributed by atoms with E-state index >= 15 is 0 Å². The highest BCUT2D eigenvalue weighted by molar-refractivity contribution is 5.85. The molecule has 2 aliphatic heterocycles. The Hall–Kier alpha value is 0.460. The average Bonchev–Trinajstić information content (AvgIpc) is 2.20. The van der Waals surface area contributed by atoms with E-state index in [-0.39, 0.29) is 24.8 Å². The minimum Gasteiger partial charge on any atom is -0.317 e. The van der Waals surface area contributed by atoms with Crippen molar-refractivity contribution in [2.45, 2.75) is 18.9 Å². The molecule has 2 aliphatic rings. The lowest BCUT2D eigenvalue weighted by molar-refractivity contribution is 0.0948. The molecule has 0 spiro atoms. The van der Waals surface area contributed by atoms with Crippen LogP contribution in [0.4, 0.5) is 0 Å². The molecule has 0 aromatic heterocycles. The Labute approximate surface area is 105 Å². The van der Waals surface area contributed by atoms with Crippen molar-refractivity contribution in [2.24, 2.45) is 0 Å². The van der Waals surface area contributed by atoms with Crippen LogP contribution < -0.4 is 5.32 Å². The molecule has 5 heteroatoms. The third-order valence-corrected chi connectivity index (χ3v) is 3.36. The Balaban J connectivity index is 0.000000980. The fourth-order valence-corrected chi connectivity index (χ4v) is 2.36. The number of nitrogens with zero attached hydrogens (tertiary/aromatic N) is 2. The quantitative estimate of drug-likeness (QED) is 0.749. The molecule has 0 amide bonds. The van der Waals surface area contributed by atoms with Crippen LogP contribution >= 0.6 is 24.8 Å². The number of piperazine rings is 1. The number of nitrogens with one attached hydrogen (secondary N) is 1. The van der Waals surface area contributed by atoms with Crippen molar-refractivity contribution < 1.29 is 0 Å². The second-order valence-corrected chi connectivity index (χ2v) is 4.32. The fourth-order valence-electron chi connectivity index (χ4n) is 2.36. The molecule has 3 nitrogen and oxygen atoms in total. The first-order valence-electron chi connectivity index (χ1n) is 5.49. The average molecular weight is 256 g/mol. The van der Waals surface area contributed by atoms with E-state index in [4.69, 9.17) is 0 Å². The van der Waals surface area contributed by atoms with Crippen molar-refractivity contribution >= 4 is 24.8 Å². The smallest absolute Gasteiger partial charge is 0.0120 e. The molecule has 2 rings (SSSR count). The van der Waals surface area contributed by atoms with Crippen molar-refractivity contribution in [1.82, 2.24) is 15.1 Å². The van der Waals surface area contributed by atoms with Crippen molar-refractivity contribution in [3.63, 3.8) is 0 Å². The second kappa shape index (κ2) is 7.69. The van der Waals surface area contributed by atoms with Gasteiger partial charge in [-0.05, 0) is 33.0 Å². The summed E-state index contributed by atoms with van der Waals surface area (Å²) in [6.45, 7) is 7.50. The van der Waals surface area contributed by atoms with Gasteiger partial charge in [0.1, 0.15) is 0 Å². The lowest BCUT2D eigenvalue weighted by Crippen LogP contribution is -2.51. The summed E-state index contributed by atoms with van der Waals surface area (Å²) < 4.78 is 0. The van der Waals surface area contributed by atoms with E-state index in [0.29, 0.717) is 0 Å². The summed E-state index contributed by atoms with van der Waals surface area (Å²) in [4.78, 5) is 5.11. The molecule has 2 fully saturated rings. The molecule has 0 aliphatic carbocycles. The van der Waals surface area contributed by atoms with E-state index in [2.05, 4.69) is 22.2 Å². The van der Waals surface area contributed by atoms with Gasteiger partial charge in [-0.2, -0.15) is 0 Å². The van der Waals surface area contributed by atoms with Gasteiger partial charge in [-0.3, -0.25) is 4.90 Å². The predicted molar refractivity (Wildman–Crippen MR) is 69.5 cm³/mol. The Morgan fingerprint density at radius 3 is 2.00 bits per heavy atom. The number of halogens is 2. The van der Waals surface area contributed by atoms with Gasteiger partial charge in [-0.1, -0.05) is 0 Å². The summed E-state index contributed by atoms with van der Waals surface area (Å²) in [6.07, 6.45) is 2.70. The summed E-state index contributed by atoms with van der Waals surface area (Å²) in [5, 5.41) is 3.43. The highest BCUT2D eigenvalue weighted by Gasteiger charge is 2.23. The van der Waals surface area contributed by atoms with E-state index in [0.717, 1.165) is 6.04 Å². The molecular weight excluding hydrogens is 233 g/mol. The van der Waals surface area contributed by atoms with Crippen LogP contribution in [-0.4, -0.2) is 62.2 Å². The molecule has 15 heavy (non-hydrogen) atoms. The van der Waals surface area contributed by atoms with Gasteiger partial charge in [0.25, 0.3) is 0 Å². The molecule has 0 radical (unpaired) electrons. The van der Waals surface area contributed by atoms with Crippen LogP contribution in [0.1, 0.15) is 12.8 Å². The molecule has 1 N–H and O–H groups in total. The standard InChI is InChI=1S/C10H21N3.2ClH/c1-12-6-8-13(9-7-12)10-2-4-11-5-3-10;;/h10-11H,2-9H2,1H3;2*1H. The van der Waals surface area contributed by atoms with E-state index in [9.17, 15) is 0 Å². The Kier molecular flexibility index (Phi) is 7.92. The Morgan fingerprint density at radius 2 is 1.47 bits per heavy atom. The molecule has 0 atom stereocenters. The van der Waals surface area contributed by atoms with Crippen LogP contribution in [0.3, 0.4) is 0 Å². The minimum atomic E-state index is 0. The molecular formula is C10H23Cl2N3. The number of hydrogen-bond acceptors (Lipinski definition) is 3. The van der Waals surface area contributed by atoms with Crippen molar-refractivity contribution in [3.8, 4) is 0 Å². The number of likely N-dealkylation sites (N-methyl/N-ethyl adjacent to an activating group) is 1. The van der Waals surface area contributed by atoms with Crippen LogP contribution in [0.5, 0.6) is 0 Å². The summed E-state index contributed by atoms with van der Waals surface area (Å²) in [5.41, 5.74) is 0. The maximum absolute atomic E-state index is 3.43. The first-order valence-corrected chi connectivity index (χ1v) is 5.49. The van der Waals surface area contributed by atoms with E-state index in [1.165, 1.54) is 52.1 Å². The Morgan fingerprint density at radius 1 is 0.933 bits per heavy atom. The van der Waals surface area contributed by atoms with Crippen molar-refractivity contribution in [2.75, 3.05) is 46.3 Å².